The first-order valence-electron chi connectivity index (χ1n) is 7.51. The highest BCUT2D eigenvalue weighted by atomic mass is 35.5. The Hall–Kier alpha value is -0.770. The molecule has 2 N–H and O–H groups in total. The number of hydrogen-bond acceptors (Lipinski definition) is 3. The molecule has 1 aromatic rings. The average molecular weight is 297 g/mol. The molecular weight excluding hydrogens is 272 g/mol. The van der Waals surface area contributed by atoms with Crippen LogP contribution in [0.1, 0.15) is 44.2 Å². The molecule has 20 heavy (non-hydrogen) atoms. The molecule has 1 heterocycles. The largest absolute Gasteiger partial charge is 0.496 e. The third-order valence-corrected chi connectivity index (χ3v) is 4.40. The zero-order valence-corrected chi connectivity index (χ0v) is 13.2. The van der Waals surface area contributed by atoms with E-state index >= 15 is 0 Å². The second-order valence-electron chi connectivity index (χ2n) is 5.50. The van der Waals surface area contributed by atoms with Gasteiger partial charge in [0.2, 0.25) is 0 Å². The highest BCUT2D eigenvalue weighted by molar-refractivity contribution is 6.31. The normalized spacial score (nSPS) is 24.4. The predicted octanol–water partition coefficient (Wildman–Crippen LogP) is 3.61. The second kappa shape index (κ2) is 7.30. The maximum Gasteiger partial charge on any atom is 0.125 e. The number of likely N-dealkylation sites (tertiary alicyclic amines) is 1. The molecule has 112 valence electrons. The van der Waals surface area contributed by atoms with Gasteiger partial charge in [0.1, 0.15) is 5.75 Å². The number of hydrogen-bond donors (Lipinski definition) is 1. The zero-order valence-electron chi connectivity index (χ0n) is 12.4. The zero-order chi connectivity index (χ0) is 14.5. The number of halogens is 1. The molecule has 1 aliphatic rings. The van der Waals surface area contributed by atoms with Gasteiger partial charge in [0, 0.05) is 16.6 Å². The van der Waals surface area contributed by atoms with Crippen LogP contribution in [0.4, 0.5) is 0 Å². The molecule has 0 bridgehead atoms. The number of nitrogens with zero attached hydrogens (tertiary/aromatic N) is 1. The summed E-state index contributed by atoms with van der Waals surface area (Å²) in [5.74, 6) is 0.848. The molecule has 0 amide bonds. The lowest BCUT2D eigenvalue weighted by atomic mass is 9.95. The van der Waals surface area contributed by atoms with Crippen molar-refractivity contribution >= 4 is 11.6 Å². The van der Waals surface area contributed by atoms with Crippen molar-refractivity contribution in [2.45, 2.75) is 44.7 Å². The van der Waals surface area contributed by atoms with Crippen LogP contribution in [0.25, 0.3) is 0 Å². The Morgan fingerprint density at radius 1 is 1.40 bits per heavy atom. The van der Waals surface area contributed by atoms with Crippen LogP contribution in [0.3, 0.4) is 0 Å². The lowest BCUT2D eigenvalue weighted by Crippen LogP contribution is -2.40. The number of methoxy groups -OCH3 is 1. The van der Waals surface area contributed by atoms with Crippen molar-refractivity contribution in [3.8, 4) is 5.75 Å². The van der Waals surface area contributed by atoms with Gasteiger partial charge in [-0.25, -0.2) is 0 Å². The fraction of sp³-hybridized carbons (Fsp3) is 0.625. The van der Waals surface area contributed by atoms with Gasteiger partial charge in [-0.1, -0.05) is 31.0 Å². The molecule has 4 heteroatoms. The van der Waals surface area contributed by atoms with Crippen molar-refractivity contribution in [3.63, 3.8) is 0 Å². The van der Waals surface area contributed by atoms with Gasteiger partial charge in [-0.15, -0.1) is 0 Å². The Labute approximate surface area is 127 Å². The first-order valence-corrected chi connectivity index (χ1v) is 7.88. The minimum Gasteiger partial charge on any atom is -0.496 e. The summed E-state index contributed by atoms with van der Waals surface area (Å²) >= 11 is 6.46. The summed E-state index contributed by atoms with van der Waals surface area (Å²) in [4.78, 5) is 2.47. The van der Waals surface area contributed by atoms with E-state index in [9.17, 15) is 0 Å². The standard InChI is InChI=1S/C16H25ClN2O/c1-3-10-19-11-5-4-8-13(18)16(19)15-12(17)7-6-9-14(15)20-2/h6-7,9,13,16H,3-5,8,10-11,18H2,1-2H3. The molecule has 0 aliphatic carbocycles. The maximum atomic E-state index is 6.47. The van der Waals surface area contributed by atoms with Crippen LogP contribution >= 0.6 is 11.6 Å². The van der Waals surface area contributed by atoms with Gasteiger partial charge in [0.05, 0.1) is 13.2 Å². The molecule has 0 radical (unpaired) electrons. The van der Waals surface area contributed by atoms with Crippen molar-refractivity contribution in [2.75, 3.05) is 20.2 Å². The summed E-state index contributed by atoms with van der Waals surface area (Å²) in [5.41, 5.74) is 7.52. The van der Waals surface area contributed by atoms with E-state index in [0.29, 0.717) is 0 Å². The second-order valence-corrected chi connectivity index (χ2v) is 5.90. The molecule has 2 atom stereocenters. The number of nitrogens with two attached hydrogens (primary N) is 1. The van der Waals surface area contributed by atoms with Gasteiger partial charge in [0.25, 0.3) is 0 Å². The van der Waals surface area contributed by atoms with E-state index < -0.39 is 0 Å². The quantitative estimate of drug-likeness (QED) is 0.922. The Bertz CT molecular complexity index is 438. The van der Waals surface area contributed by atoms with Crippen molar-refractivity contribution in [2.24, 2.45) is 5.73 Å². The van der Waals surface area contributed by atoms with E-state index in [1.165, 1.54) is 12.8 Å². The van der Waals surface area contributed by atoms with Gasteiger partial charge in [-0.2, -0.15) is 0 Å². The molecular formula is C16H25ClN2O. The summed E-state index contributed by atoms with van der Waals surface area (Å²) in [6.45, 7) is 4.34. The van der Waals surface area contributed by atoms with Crippen LogP contribution in [-0.2, 0) is 0 Å². The van der Waals surface area contributed by atoms with Gasteiger partial charge in [-0.05, 0) is 44.5 Å². The van der Waals surface area contributed by atoms with E-state index in [1.807, 2.05) is 18.2 Å². The minimum atomic E-state index is 0.109. The highest BCUT2D eigenvalue weighted by Gasteiger charge is 2.32. The van der Waals surface area contributed by atoms with Crippen LogP contribution in [-0.4, -0.2) is 31.1 Å². The van der Waals surface area contributed by atoms with Crippen LogP contribution in [0.5, 0.6) is 5.75 Å². The first-order chi connectivity index (χ1) is 9.69. The third-order valence-electron chi connectivity index (χ3n) is 4.07. The molecule has 0 saturated carbocycles. The van der Waals surface area contributed by atoms with E-state index in [-0.39, 0.29) is 12.1 Å². The molecule has 3 nitrogen and oxygen atoms in total. The molecule has 0 aromatic heterocycles. The summed E-state index contributed by atoms with van der Waals surface area (Å²) in [5, 5.41) is 0.757. The third kappa shape index (κ3) is 3.27. The maximum absolute atomic E-state index is 6.47. The van der Waals surface area contributed by atoms with E-state index in [4.69, 9.17) is 22.1 Å². The monoisotopic (exact) mass is 296 g/mol. The van der Waals surface area contributed by atoms with Crippen LogP contribution in [0, 0.1) is 0 Å². The molecule has 2 rings (SSSR count). The van der Waals surface area contributed by atoms with E-state index in [0.717, 1.165) is 42.3 Å². The molecule has 0 spiro atoms. The number of rotatable bonds is 4. The first kappa shape index (κ1) is 15.6. The van der Waals surface area contributed by atoms with Gasteiger partial charge < -0.3 is 10.5 Å². The van der Waals surface area contributed by atoms with Gasteiger partial charge in [-0.3, -0.25) is 4.90 Å². The smallest absolute Gasteiger partial charge is 0.125 e. The van der Waals surface area contributed by atoms with Gasteiger partial charge >= 0.3 is 0 Å². The molecule has 1 aliphatic heterocycles. The topological polar surface area (TPSA) is 38.5 Å². The fourth-order valence-corrected chi connectivity index (χ4v) is 3.46. The SMILES string of the molecule is CCCN1CCCCC(N)C1c1c(Cl)cccc1OC. The number of ether oxygens (including phenoxy) is 1. The lowest BCUT2D eigenvalue weighted by molar-refractivity contribution is 0.182. The summed E-state index contributed by atoms with van der Waals surface area (Å²) in [6.07, 6.45) is 4.55. The molecule has 1 fully saturated rings. The van der Waals surface area contributed by atoms with Gasteiger partial charge in [0.15, 0.2) is 0 Å². The number of benzene rings is 1. The van der Waals surface area contributed by atoms with Crippen molar-refractivity contribution < 1.29 is 4.74 Å². The van der Waals surface area contributed by atoms with E-state index in [1.54, 1.807) is 7.11 Å². The average Bonchev–Trinajstić information content (AvgIpc) is 2.61. The lowest BCUT2D eigenvalue weighted by Gasteiger charge is -2.34. The van der Waals surface area contributed by atoms with Crippen LogP contribution < -0.4 is 10.5 Å². The Balaban J connectivity index is 2.43. The molecule has 1 aromatic carbocycles. The van der Waals surface area contributed by atoms with Crippen molar-refractivity contribution in [3.05, 3.63) is 28.8 Å². The van der Waals surface area contributed by atoms with Crippen molar-refractivity contribution in [1.82, 2.24) is 4.90 Å². The Morgan fingerprint density at radius 2 is 2.20 bits per heavy atom. The molecule has 2 unspecified atom stereocenters. The van der Waals surface area contributed by atoms with E-state index in [2.05, 4.69) is 11.8 Å². The summed E-state index contributed by atoms with van der Waals surface area (Å²) < 4.78 is 5.53. The van der Waals surface area contributed by atoms with Crippen LogP contribution in [0.15, 0.2) is 18.2 Å². The molecule has 1 saturated heterocycles. The predicted molar refractivity (Wildman–Crippen MR) is 84.4 cm³/mol. The van der Waals surface area contributed by atoms with Crippen LogP contribution in [0.2, 0.25) is 5.02 Å². The summed E-state index contributed by atoms with van der Waals surface area (Å²) in [7, 11) is 1.70. The Morgan fingerprint density at radius 3 is 2.90 bits per heavy atom. The van der Waals surface area contributed by atoms with Crippen molar-refractivity contribution in [1.29, 1.82) is 0 Å². The minimum absolute atomic E-state index is 0.109. The highest BCUT2D eigenvalue weighted by Crippen LogP contribution is 2.39. The summed E-state index contributed by atoms with van der Waals surface area (Å²) in [6, 6.07) is 6.10. The fourth-order valence-electron chi connectivity index (χ4n) is 3.18. The Kier molecular flexibility index (Phi) is 5.70.